The lowest BCUT2D eigenvalue weighted by molar-refractivity contribution is -0.147. The summed E-state index contributed by atoms with van der Waals surface area (Å²) in [5.74, 6) is -0.725. The average Bonchev–Trinajstić information content (AvgIpc) is 2.50. The van der Waals surface area contributed by atoms with Gasteiger partial charge in [0.25, 0.3) is 0 Å². The van der Waals surface area contributed by atoms with Crippen molar-refractivity contribution in [2.45, 2.75) is 45.4 Å². The molecule has 1 aliphatic heterocycles. The highest BCUT2D eigenvalue weighted by atomic mass is 16.6. The van der Waals surface area contributed by atoms with Gasteiger partial charge in [-0.15, -0.1) is 0 Å². The number of rotatable bonds is 2. The number of aromatic hydroxyl groups is 1. The first-order valence-electron chi connectivity index (χ1n) is 7.53. The van der Waals surface area contributed by atoms with Crippen molar-refractivity contribution in [3.8, 4) is 5.75 Å². The summed E-state index contributed by atoms with van der Waals surface area (Å²) in [4.78, 5) is 36.8. The number of carbonyl (C=O) groups excluding carboxylic acids is 3. The molecule has 7 heteroatoms. The molecule has 1 aromatic carbocycles. The maximum absolute atomic E-state index is 12.4. The maximum atomic E-state index is 12.4. The van der Waals surface area contributed by atoms with Crippen molar-refractivity contribution < 1.29 is 29.0 Å². The van der Waals surface area contributed by atoms with E-state index >= 15 is 0 Å². The van der Waals surface area contributed by atoms with Crippen LogP contribution in [0.1, 0.15) is 42.3 Å². The number of phenols is 1. The van der Waals surface area contributed by atoms with Crippen molar-refractivity contribution in [2.24, 2.45) is 0 Å². The molecule has 7 nitrogen and oxygen atoms in total. The van der Waals surface area contributed by atoms with Crippen LogP contribution in [0.4, 0.5) is 4.79 Å². The van der Waals surface area contributed by atoms with E-state index in [-0.39, 0.29) is 24.3 Å². The fourth-order valence-corrected chi connectivity index (χ4v) is 2.60. The Kier molecular flexibility index (Phi) is 4.82. The number of esters is 1. The Morgan fingerprint density at radius 2 is 1.96 bits per heavy atom. The molecule has 0 saturated heterocycles. The summed E-state index contributed by atoms with van der Waals surface area (Å²) in [5.41, 5.74) is 0.805. The average molecular weight is 335 g/mol. The molecule has 1 aromatic rings. The zero-order valence-corrected chi connectivity index (χ0v) is 14.2. The van der Waals surface area contributed by atoms with Crippen LogP contribution >= 0.6 is 0 Å². The van der Waals surface area contributed by atoms with Crippen LogP contribution in [-0.2, 0) is 27.2 Å². The predicted molar refractivity (Wildman–Crippen MR) is 84.8 cm³/mol. The monoisotopic (exact) mass is 335 g/mol. The van der Waals surface area contributed by atoms with Gasteiger partial charge in [-0.3, -0.25) is 9.69 Å². The van der Waals surface area contributed by atoms with E-state index in [2.05, 4.69) is 0 Å². The molecular weight excluding hydrogens is 314 g/mol. The molecule has 0 aliphatic carbocycles. The highest BCUT2D eigenvalue weighted by molar-refractivity contribution is 5.84. The number of hydrogen-bond acceptors (Lipinski definition) is 6. The van der Waals surface area contributed by atoms with Gasteiger partial charge in [0.15, 0.2) is 6.29 Å². The van der Waals surface area contributed by atoms with Crippen LogP contribution in [0.5, 0.6) is 5.75 Å². The second-order valence-electron chi connectivity index (χ2n) is 6.65. The minimum atomic E-state index is -0.846. The van der Waals surface area contributed by atoms with Crippen LogP contribution in [0.2, 0.25) is 0 Å². The first-order valence-corrected chi connectivity index (χ1v) is 7.53. The van der Waals surface area contributed by atoms with Crippen molar-refractivity contribution in [2.75, 3.05) is 7.11 Å². The summed E-state index contributed by atoms with van der Waals surface area (Å²) in [7, 11) is 1.25. The van der Waals surface area contributed by atoms with Crippen molar-refractivity contribution >= 4 is 18.3 Å². The zero-order valence-electron chi connectivity index (χ0n) is 14.2. The normalized spacial score (nSPS) is 17.0. The van der Waals surface area contributed by atoms with Crippen molar-refractivity contribution in [1.29, 1.82) is 0 Å². The smallest absolute Gasteiger partial charge is 0.411 e. The number of hydrogen-bond donors (Lipinski definition) is 1. The standard InChI is InChI=1S/C17H21NO6/c1-17(2,3)24-16(22)18-8-11-7-14(20)12(9-19)5-10(11)6-13(18)15(21)23-4/h5,7,9,13,20H,6,8H2,1-4H3/t13-/m0/s1. The second kappa shape index (κ2) is 6.51. The third-order valence-corrected chi connectivity index (χ3v) is 3.71. The fraction of sp³-hybridized carbons (Fsp3) is 0.471. The molecule has 0 radical (unpaired) electrons. The molecular formula is C17H21NO6. The van der Waals surface area contributed by atoms with Crippen LogP contribution in [-0.4, -0.2) is 47.1 Å². The molecule has 1 amide bonds. The van der Waals surface area contributed by atoms with Gasteiger partial charge in [-0.2, -0.15) is 0 Å². The summed E-state index contributed by atoms with van der Waals surface area (Å²) in [6.07, 6.45) is 0.0910. The van der Waals surface area contributed by atoms with Gasteiger partial charge in [0.1, 0.15) is 17.4 Å². The number of methoxy groups -OCH3 is 1. The van der Waals surface area contributed by atoms with Gasteiger partial charge < -0.3 is 14.6 Å². The zero-order chi connectivity index (χ0) is 18.1. The topological polar surface area (TPSA) is 93.1 Å². The molecule has 0 spiro atoms. The molecule has 1 N–H and O–H groups in total. The van der Waals surface area contributed by atoms with E-state index in [4.69, 9.17) is 9.47 Å². The number of nitrogens with zero attached hydrogens (tertiary/aromatic N) is 1. The van der Waals surface area contributed by atoms with Crippen LogP contribution in [0.15, 0.2) is 12.1 Å². The maximum Gasteiger partial charge on any atom is 0.411 e. The lowest BCUT2D eigenvalue weighted by Gasteiger charge is -2.36. The summed E-state index contributed by atoms with van der Waals surface area (Å²) in [5, 5.41) is 9.84. The highest BCUT2D eigenvalue weighted by Crippen LogP contribution is 2.30. The lowest BCUT2D eigenvalue weighted by atomic mass is 9.92. The second-order valence-corrected chi connectivity index (χ2v) is 6.65. The predicted octanol–water partition coefficient (Wildman–Crippen LogP) is 2.04. The van der Waals surface area contributed by atoms with Gasteiger partial charge >= 0.3 is 12.1 Å². The summed E-state index contributed by atoms with van der Waals surface area (Å²) >= 11 is 0. The molecule has 0 unspecified atom stereocenters. The molecule has 24 heavy (non-hydrogen) atoms. The number of carbonyl (C=O) groups is 3. The van der Waals surface area contributed by atoms with Crippen molar-refractivity contribution in [1.82, 2.24) is 4.90 Å². The first kappa shape index (κ1) is 17.8. The van der Waals surface area contributed by atoms with E-state index < -0.39 is 23.7 Å². The fourth-order valence-electron chi connectivity index (χ4n) is 2.60. The number of benzene rings is 1. The van der Waals surface area contributed by atoms with Crippen LogP contribution < -0.4 is 0 Å². The molecule has 1 heterocycles. The van der Waals surface area contributed by atoms with Gasteiger partial charge in [-0.25, -0.2) is 9.59 Å². The molecule has 0 bridgehead atoms. The van der Waals surface area contributed by atoms with Crippen LogP contribution in [0.25, 0.3) is 0 Å². The molecule has 0 fully saturated rings. The van der Waals surface area contributed by atoms with Crippen LogP contribution in [0, 0.1) is 0 Å². The highest BCUT2D eigenvalue weighted by Gasteiger charge is 2.38. The van der Waals surface area contributed by atoms with E-state index in [1.165, 1.54) is 24.1 Å². The molecule has 1 aliphatic rings. The Bertz CT molecular complexity index is 676. The van der Waals surface area contributed by atoms with E-state index in [0.29, 0.717) is 17.4 Å². The SMILES string of the molecule is COC(=O)[C@@H]1Cc2cc(C=O)c(O)cc2CN1C(=O)OC(C)(C)C. The van der Waals surface area contributed by atoms with Crippen LogP contribution in [0.3, 0.4) is 0 Å². The van der Waals surface area contributed by atoms with E-state index in [1.54, 1.807) is 20.8 Å². The van der Waals surface area contributed by atoms with E-state index in [0.717, 1.165) is 0 Å². The summed E-state index contributed by atoms with van der Waals surface area (Å²) in [6.45, 7) is 5.28. The largest absolute Gasteiger partial charge is 0.507 e. The van der Waals surface area contributed by atoms with E-state index in [1.807, 2.05) is 0 Å². The minimum Gasteiger partial charge on any atom is -0.507 e. The Morgan fingerprint density at radius 1 is 1.29 bits per heavy atom. The van der Waals surface area contributed by atoms with Crippen molar-refractivity contribution in [3.05, 3.63) is 28.8 Å². The lowest BCUT2D eigenvalue weighted by Crippen LogP contribution is -2.50. The van der Waals surface area contributed by atoms with Gasteiger partial charge in [-0.1, -0.05) is 0 Å². The Balaban J connectivity index is 2.39. The molecule has 1 atom stereocenters. The number of ether oxygens (including phenoxy) is 2. The number of phenolic OH excluding ortho intramolecular Hbond substituents is 1. The van der Waals surface area contributed by atoms with Gasteiger partial charge in [-0.05, 0) is 44.0 Å². The summed E-state index contributed by atoms with van der Waals surface area (Å²) < 4.78 is 10.1. The molecule has 2 rings (SSSR count). The van der Waals surface area contributed by atoms with E-state index in [9.17, 15) is 19.5 Å². The van der Waals surface area contributed by atoms with Gasteiger partial charge in [0.05, 0.1) is 19.2 Å². The first-order chi connectivity index (χ1) is 11.2. The van der Waals surface area contributed by atoms with Crippen molar-refractivity contribution in [3.63, 3.8) is 0 Å². The summed E-state index contributed by atoms with van der Waals surface area (Å²) in [6, 6.07) is 2.12. The van der Waals surface area contributed by atoms with Gasteiger partial charge in [0, 0.05) is 6.42 Å². The third-order valence-electron chi connectivity index (χ3n) is 3.71. The molecule has 0 saturated carbocycles. The Hall–Kier alpha value is -2.57. The quantitative estimate of drug-likeness (QED) is 0.657. The molecule has 130 valence electrons. The minimum absolute atomic E-state index is 0.0801. The number of fused-ring (bicyclic) bond motifs is 1. The van der Waals surface area contributed by atoms with Gasteiger partial charge in [0.2, 0.25) is 0 Å². The molecule has 0 aromatic heterocycles. The Morgan fingerprint density at radius 3 is 2.50 bits per heavy atom. The number of amides is 1. The Labute approximate surface area is 140 Å². The third kappa shape index (κ3) is 3.67. The number of aldehydes is 1.